The predicted octanol–water partition coefficient (Wildman–Crippen LogP) is 1.70. The lowest BCUT2D eigenvalue weighted by atomic mass is 9.98. The Morgan fingerprint density at radius 3 is 1.90 bits per heavy atom. The van der Waals surface area contributed by atoms with Crippen LogP contribution in [0.3, 0.4) is 0 Å². The Hall–Kier alpha value is -2.24. The first-order chi connectivity index (χ1) is 9.84. The van der Waals surface area contributed by atoms with Gasteiger partial charge in [0.25, 0.3) is 5.79 Å². The Labute approximate surface area is 122 Å². The number of benzene rings is 1. The van der Waals surface area contributed by atoms with Crippen LogP contribution in [0.4, 0.5) is 0 Å². The quantitative estimate of drug-likeness (QED) is 0.622. The van der Waals surface area contributed by atoms with Crippen molar-refractivity contribution in [3.8, 4) is 11.5 Å². The van der Waals surface area contributed by atoms with E-state index in [4.69, 9.17) is 18.9 Å². The fourth-order valence-corrected chi connectivity index (χ4v) is 2.13. The molecule has 1 heterocycles. The molecular formula is C15H18O6. The minimum Gasteiger partial charge on any atom is -0.497 e. The molecule has 0 atom stereocenters. The molecule has 1 aromatic carbocycles. The highest BCUT2D eigenvalue weighted by atomic mass is 16.7. The van der Waals surface area contributed by atoms with E-state index in [0.29, 0.717) is 11.5 Å². The fraction of sp³-hybridized carbons (Fsp3) is 0.467. The van der Waals surface area contributed by atoms with E-state index in [1.165, 1.54) is 28.1 Å². The second kappa shape index (κ2) is 5.63. The van der Waals surface area contributed by atoms with E-state index in [2.05, 4.69) is 0 Å². The first-order valence-electron chi connectivity index (χ1n) is 6.52. The number of rotatable bonds is 4. The van der Waals surface area contributed by atoms with Crippen molar-refractivity contribution in [3.05, 3.63) is 23.8 Å². The Bertz CT molecular complexity index is 521. The molecule has 6 heteroatoms. The number of hydrogen-bond donors (Lipinski definition) is 0. The van der Waals surface area contributed by atoms with Gasteiger partial charge in [0.15, 0.2) is 5.92 Å². The zero-order valence-corrected chi connectivity index (χ0v) is 12.5. The number of cyclic esters (lactones) is 2. The monoisotopic (exact) mass is 294 g/mol. The van der Waals surface area contributed by atoms with E-state index >= 15 is 0 Å². The summed E-state index contributed by atoms with van der Waals surface area (Å²) < 4.78 is 20.5. The van der Waals surface area contributed by atoms with Gasteiger partial charge in [-0.3, -0.25) is 9.59 Å². The first kappa shape index (κ1) is 15.2. The average molecular weight is 294 g/mol. The number of carbonyl (C=O) groups excluding carboxylic acids is 2. The lowest BCUT2D eigenvalue weighted by Gasteiger charge is -2.32. The van der Waals surface area contributed by atoms with E-state index in [-0.39, 0.29) is 6.42 Å². The standard InChI is InChI=1S/C15H18O6/c1-15(2)20-13(16)12(14(17)21-15)7-9-5-10(18-3)8-11(6-9)19-4/h5-6,8,12H,7H2,1-4H3. The molecule has 1 aromatic rings. The summed E-state index contributed by atoms with van der Waals surface area (Å²) in [6, 6.07) is 5.19. The molecule has 1 aliphatic rings. The van der Waals surface area contributed by atoms with E-state index in [0.717, 1.165) is 5.56 Å². The van der Waals surface area contributed by atoms with Crippen molar-refractivity contribution in [1.82, 2.24) is 0 Å². The van der Waals surface area contributed by atoms with E-state index < -0.39 is 23.6 Å². The highest BCUT2D eigenvalue weighted by Gasteiger charge is 2.43. The molecular weight excluding hydrogens is 276 g/mol. The van der Waals surface area contributed by atoms with Gasteiger partial charge < -0.3 is 18.9 Å². The molecule has 1 saturated heterocycles. The van der Waals surface area contributed by atoms with Gasteiger partial charge in [-0.1, -0.05) is 0 Å². The van der Waals surface area contributed by atoms with Crippen molar-refractivity contribution >= 4 is 11.9 Å². The molecule has 0 saturated carbocycles. The fourth-order valence-electron chi connectivity index (χ4n) is 2.13. The highest BCUT2D eigenvalue weighted by molar-refractivity contribution is 5.97. The minimum absolute atomic E-state index is 0.168. The summed E-state index contributed by atoms with van der Waals surface area (Å²) in [7, 11) is 3.06. The smallest absolute Gasteiger partial charge is 0.323 e. The molecule has 1 fully saturated rings. The van der Waals surface area contributed by atoms with E-state index in [9.17, 15) is 9.59 Å². The molecule has 114 valence electrons. The molecule has 0 unspecified atom stereocenters. The third-order valence-corrected chi connectivity index (χ3v) is 3.11. The van der Waals surface area contributed by atoms with Gasteiger partial charge in [0.2, 0.25) is 0 Å². The van der Waals surface area contributed by atoms with Crippen LogP contribution in [0.1, 0.15) is 19.4 Å². The van der Waals surface area contributed by atoms with Crippen molar-refractivity contribution in [1.29, 1.82) is 0 Å². The zero-order chi connectivity index (χ0) is 15.6. The second-order valence-electron chi connectivity index (χ2n) is 5.22. The molecule has 0 bridgehead atoms. The van der Waals surface area contributed by atoms with Gasteiger partial charge in [0, 0.05) is 19.9 Å². The zero-order valence-electron chi connectivity index (χ0n) is 12.5. The van der Waals surface area contributed by atoms with Gasteiger partial charge in [-0.2, -0.15) is 0 Å². The molecule has 21 heavy (non-hydrogen) atoms. The summed E-state index contributed by atoms with van der Waals surface area (Å²) in [4.78, 5) is 23.9. The van der Waals surface area contributed by atoms with Crippen LogP contribution in [-0.2, 0) is 25.5 Å². The van der Waals surface area contributed by atoms with Crippen LogP contribution in [0, 0.1) is 5.92 Å². The number of methoxy groups -OCH3 is 2. The van der Waals surface area contributed by atoms with Crippen LogP contribution in [0.15, 0.2) is 18.2 Å². The van der Waals surface area contributed by atoms with Crippen LogP contribution >= 0.6 is 0 Å². The number of carbonyl (C=O) groups is 2. The van der Waals surface area contributed by atoms with Gasteiger partial charge in [0.05, 0.1) is 14.2 Å². The third kappa shape index (κ3) is 3.45. The molecule has 0 radical (unpaired) electrons. The van der Waals surface area contributed by atoms with Crippen LogP contribution < -0.4 is 9.47 Å². The lowest BCUT2D eigenvalue weighted by molar-refractivity contribution is -0.239. The topological polar surface area (TPSA) is 71.1 Å². The molecule has 0 amide bonds. The molecule has 1 aliphatic heterocycles. The van der Waals surface area contributed by atoms with E-state index in [1.54, 1.807) is 18.2 Å². The van der Waals surface area contributed by atoms with Crippen LogP contribution in [0.25, 0.3) is 0 Å². The lowest BCUT2D eigenvalue weighted by Crippen LogP contribution is -2.46. The van der Waals surface area contributed by atoms with E-state index in [1.807, 2.05) is 0 Å². The molecule has 2 rings (SSSR count). The number of ether oxygens (including phenoxy) is 4. The Morgan fingerprint density at radius 2 is 1.48 bits per heavy atom. The molecule has 0 N–H and O–H groups in total. The third-order valence-electron chi connectivity index (χ3n) is 3.11. The Morgan fingerprint density at radius 1 is 1.00 bits per heavy atom. The van der Waals surface area contributed by atoms with Crippen molar-refractivity contribution in [3.63, 3.8) is 0 Å². The SMILES string of the molecule is COc1cc(CC2C(=O)OC(C)(C)OC2=O)cc(OC)c1. The number of hydrogen-bond acceptors (Lipinski definition) is 6. The molecule has 0 spiro atoms. The second-order valence-corrected chi connectivity index (χ2v) is 5.22. The molecule has 0 aromatic heterocycles. The predicted molar refractivity (Wildman–Crippen MR) is 73.0 cm³/mol. The minimum atomic E-state index is -1.21. The maximum atomic E-state index is 11.9. The average Bonchev–Trinajstić information content (AvgIpc) is 2.41. The molecule has 6 nitrogen and oxygen atoms in total. The van der Waals surface area contributed by atoms with Gasteiger partial charge in [-0.05, 0) is 24.1 Å². The summed E-state index contributed by atoms with van der Waals surface area (Å²) in [5.41, 5.74) is 0.727. The van der Waals surface area contributed by atoms with Gasteiger partial charge in [-0.25, -0.2) is 0 Å². The van der Waals surface area contributed by atoms with Crippen LogP contribution in [-0.4, -0.2) is 31.9 Å². The normalized spacial score (nSPS) is 17.9. The van der Waals surface area contributed by atoms with Gasteiger partial charge in [0.1, 0.15) is 11.5 Å². The van der Waals surface area contributed by atoms with Crippen molar-refractivity contribution in [2.24, 2.45) is 5.92 Å². The van der Waals surface area contributed by atoms with Crippen molar-refractivity contribution < 1.29 is 28.5 Å². The van der Waals surface area contributed by atoms with Gasteiger partial charge in [-0.15, -0.1) is 0 Å². The van der Waals surface area contributed by atoms with Crippen molar-refractivity contribution in [2.75, 3.05) is 14.2 Å². The van der Waals surface area contributed by atoms with Crippen LogP contribution in [0.2, 0.25) is 0 Å². The largest absolute Gasteiger partial charge is 0.497 e. The summed E-state index contributed by atoms with van der Waals surface area (Å²) in [6.07, 6.45) is 0.168. The summed E-state index contributed by atoms with van der Waals surface area (Å²) in [5.74, 6) is -2.19. The highest BCUT2D eigenvalue weighted by Crippen LogP contribution is 2.28. The van der Waals surface area contributed by atoms with Crippen molar-refractivity contribution in [2.45, 2.75) is 26.1 Å². The first-order valence-corrected chi connectivity index (χ1v) is 6.52. The summed E-state index contributed by atoms with van der Waals surface area (Å²) in [6.45, 7) is 3.04. The number of esters is 2. The van der Waals surface area contributed by atoms with Crippen LogP contribution in [0.5, 0.6) is 11.5 Å². The Balaban J connectivity index is 2.21. The summed E-state index contributed by atoms with van der Waals surface area (Å²) in [5, 5.41) is 0. The summed E-state index contributed by atoms with van der Waals surface area (Å²) >= 11 is 0. The maximum Gasteiger partial charge on any atom is 0.323 e. The maximum absolute atomic E-state index is 11.9. The molecule has 0 aliphatic carbocycles. The van der Waals surface area contributed by atoms with Gasteiger partial charge >= 0.3 is 11.9 Å². The Kier molecular flexibility index (Phi) is 4.06.